The Kier molecular flexibility index (Phi) is 5.01. The molecule has 1 aromatic rings. The zero-order chi connectivity index (χ0) is 13.7. The maximum Gasteiger partial charge on any atom is 0.161 e. The Morgan fingerprint density at radius 2 is 2.00 bits per heavy atom. The molecule has 2 N–H and O–H groups in total. The summed E-state index contributed by atoms with van der Waals surface area (Å²) in [5.41, 5.74) is 1.18. The molecule has 0 amide bonds. The van der Waals surface area contributed by atoms with E-state index < -0.39 is 6.10 Å². The molecule has 0 radical (unpaired) electrons. The molecule has 0 saturated heterocycles. The first kappa shape index (κ1) is 14.1. The van der Waals surface area contributed by atoms with Gasteiger partial charge in [-0.3, -0.25) is 0 Å². The largest absolute Gasteiger partial charge is 0.486 e. The van der Waals surface area contributed by atoms with Gasteiger partial charge in [0.05, 0.1) is 12.7 Å². The second-order valence-corrected chi connectivity index (χ2v) is 4.83. The van der Waals surface area contributed by atoms with Crippen LogP contribution in [0.25, 0.3) is 0 Å². The van der Waals surface area contributed by atoms with Crippen LogP contribution >= 0.6 is 0 Å². The first-order chi connectivity index (χ1) is 9.19. The molecule has 106 valence electrons. The second kappa shape index (κ2) is 6.75. The number of fused-ring (bicyclic) bond motifs is 1. The van der Waals surface area contributed by atoms with Crippen LogP contribution in [0.1, 0.15) is 5.56 Å². The van der Waals surface area contributed by atoms with Crippen molar-refractivity contribution in [2.45, 2.75) is 12.5 Å². The molecule has 1 unspecified atom stereocenters. The number of hydrogen-bond donors (Lipinski definition) is 2. The normalized spacial score (nSPS) is 15.6. The molecule has 5 nitrogen and oxygen atoms in total. The molecule has 5 heteroatoms. The van der Waals surface area contributed by atoms with E-state index in [1.54, 1.807) is 0 Å². The van der Waals surface area contributed by atoms with Gasteiger partial charge in [-0.05, 0) is 31.2 Å². The van der Waals surface area contributed by atoms with Crippen LogP contribution in [0.5, 0.6) is 11.5 Å². The SMILES string of the molecule is CN(CCc1ccc2c(c1)OCCO2)CC(O)CO. The van der Waals surface area contributed by atoms with E-state index in [4.69, 9.17) is 14.6 Å². The highest BCUT2D eigenvalue weighted by atomic mass is 16.6. The molecule has 1 aliphatic heterocycles. The Bertz CT molecular complexity index is 410. The van der Waals surface area contributed by atoms with Crippen molar-refractivity contribution >= 4 is 0 Å². The van der Waals surface area contributed by atoms with Crippen LogP contribution in [0.3, 0.4) is 0 Å². The van der Waals surface area contributed by atoms with E-state index in [0.717, 1.165) is 24.5 Å². The predicted octanol–water partition coefficient (Wildman–Crippen LogP) is 0.285. The fourth-order valence-electron chi connectivity index (χ4n) is 2.07. The van der Waals surface area contributed by atoms with Crippen molar-refractivity contribution < 1.29 is 19.7 Å². The van der Waals surface area contributed by atoms with Crippen LogP contribution in [0.4, 0.5) is 0 Å². The van der Waals surface area contributed by atoms with E-state index in [0.29, 0.717) is 19.8 Å². The summed E-state index contributed by atoms with van der Waals surface area (Å²) in [7, 11) is 1.93. The zero-order valence-corrected chi connectivity index (χ0v) is 11.2. The van der Waals surface area contributed by atoms with Gasteiger partial charge in [-0.1, -0.05) is 6.07 Å². The van der Waals surface area contributed by atoms with Crippen molar-refractivity contribution in [3.8, 4) is 11.5 Å². The topological polar surface area (TPSA) is 62.2 Å². The summed E-state index contributed by atoms with van der Waals surface area (Å²) >= 11 is 0. The third kappa shape index (κ3) is 4.09. The average molecular weight is 267 g/mol. The van der Waals surface area contributed by atoms with Crippen LogP contribution in [0, 0.1) is 0 Å². The molecular formula is C14H21NO4. The predicted molar refractivity (Wildman–Crippen MR) is 71.7 cm³/mol. The molecule has 0 saturated carbocycles. The van der Waals surface area contributed by atoms with E-state index >= 15 is 0 Å². The maximum atomic E-state index is 9.36. The van der Waals surface area contributed by atoms with Gasteiger partial charge in [-0.25, -0.2) is 0 Å². The number of benzene rings is 1. The highest BCUT2D eigenvalue weighted by Crippen LogP contribution is 2.30. The Hall–Kier alpha value is -1.30. The van der Waals surface area contributed by atoms with Crippen LogP contribution in [0.15, 0.2) is 18.2 Å². The van der Waals surface area contributed by atoms with E-state index in [-0.39, 0.29) is 6.61 Å². The fourth-order valence-corrected chi connectivity index (χ4v) is 2.07. The van der Waals surface area contributed by atoms with E-state index in [2.05, 4.69) is 0 Å². The van der Waals surface area contributed by atoms with Gasteiger partial charge < -0.3 is 24.6 Å². The number of aliphatic hydroxyl groups excluding tert-OH is 2. The number of hydrogen-bond acceptors (Lipinski definition) is 5. The Labute approximate surface area is 113 Å². The van der Waals surface area contributed by atoms with E-state index in [9.17, 15) is 5.11 Å². The van der Waals surface area contributed by atoms with E-state index in [1.165, 1.54) is 5.56 Å². The Morgan fingerprint density at radius 3 is 2.74 bits per heavy atom. The van der Waals surface area contributed by atoms with Crippen LogP contribution < -0.4 is 9.47 Å². The maximum absolute atomic E-state index is 9.36. The summed E-state index contributed by atoms with van der Waals surface area (Å²) in [4.78, 5) is 2.00. The lowest BCUT2D eigenvalue weighted by molar-refractivity contribution is 0.0669. The van der Waals surface area contributed by atoms with Gasteiger partial charge in [0, 0.05) is 13.1 Å². The Morgan fingerprint density at radius 1 is 1.26 bits per heavy atom. The number of likely N-dealkylation sites (N-methyl/N-ethyl adjacent to an activating group) is 1. The molecule has 1 atom stereocenters. The minimum absolute atomic E-state index is 0.200. The summed E-state index contributed by atoms with van der Waals surface area (Å²) in [6, 6.07) is 5.97. The highest BCUT2D eigenvalue weighted by molar-refractivity contribution is 5.43. The molecule has 0 fully saturated rings. The van der Waals surface area contributed by atoms with Crippen molar-refractivity contribution in [1.82, 2.24) is 4.90 Å². The molecule has 1 heterocycles. The first-order valence-electron chi connectivity index (χ1n) is 6.55. The molecule has 0 bridgehead atoms. The smallest absolute Gasteiger partial charge is 0.161 e. The van der Waals surface area contributed by atoms with Gasteiger partial charge in [0.25, 0.3) is 0 Å². The standard InChI is InChI=1S/C14H21NO4/c1-15(9-12(17)10-16)5-4-11-2-3-13-14(8-11)19-7-6-18-13/h2-3,8,12,16-17H,4-7,9-10H2,1H3. The quantitative estimate of drug-likeness (QED) is 0.775. The molecular weight excluding hydrogens is 246 g/mol. The number of ether oxygens (including phenoxy) is 2. The summed E-state index contributed by atoms with van der Waals surface area (Å²) in [6.45, 7) is 2.29. The first-order valence-corrected chi connectivity index (χ1v) is 6.55. The lowest BCUT2D eigenvalue weighted by Crippen LogP contribution is -2.32. The van der Waals surface area contributed by atoms with Gasteiger partial charge in [0.2, 0.25) is 0 Å². The third-order valence-corrected chi connectivity index (χ3v) is 3.12. The van der Waals surface area contributed by atoms with Crippen molar-refractivity contribution in [2.75, 3.05) is 40.0 Å². The number of nitrogens with zero attached hydrogens (tertiary/aromatic N) is 1. The van der Waals surface area contributed by atoms with Gasteiger partial charge in [0.15, 0.2) is 11.5 Å². The van der Waals surface area contributed by atoms with Crippen molar-refractivity contribution in [3.05, 3.63) is 23.8 Å². The zero-order valence-electron chi connectivity index (χ0n) is 11.2. The Balaban J connectivity index is 1.86. The lowest BCUT2D eigenvalue weighted by atomic mass is 10.1. The molecule has 2 rings (SSSR count). The summed E-state index contributed by atoms with van der Waals surface area (Å²) in [5.74, 6) is 1.61. The minimum atomic E-state index is -0.676. The van der Waals surface area contributed by atoms with Gasteiger partial charge >= 0.3 is 0 Å². The fraction of sp³-hybridized carbons (Fsp3) is 0.571. The molecule has 0 aromatic heterocycles. The summed E-state index contributed by atoms with van der Waals surface area (Å²) in [5, 5.41) is 18.1. The number of aliphatic hydroxyl groups is 2. The third-order valence-electron chi connectivity index (χ3n) is 3.12. The number of rotatable bonds is 6. The van der Waals surface area contributed by atoms with Gasteiger partial charge in [0.1, 0.15) is 13.2 Å². The highest BCUT2D eigenvalue weighted by Gasteiger charge is 2.12. The molecule has 1 aromatic carbocycles. The minimum Gasteiger partial charge on any atom is -0.486 e. The summed E-state index contributed by atoms with van der Waals surface area (Å²) < 4.78 is 11.0. The van der Waals surface area contributed by atoms with Crippen LogP contribution in [0.2, 0.25) is 0 Å². The van der Waals surface area contributed by atoms with Gasteiger partial charge in [-0.2, -0.15) is 0 Å². The van der Waals surface area contributed by atoms with Crippen molar-refractivity contribution in [1.29, 1.82) is 0 Å². The summed E-state index contributed by atoms with van der Waals surface area (Å²) in [6.07, 6.45) is 0.191. The molecule has 19 heavy (non-hydrogen) atoms. The van der Waals surface area contributed by atoms with Crippen LogP contribution in [-0.4, -0.2) is 61.2 Å². The average Bonchev–Trinajstić information content (AvgIpc) is 2.44. The second-order valence-electron chi connectivity index (χ2n) is 4.83. The van der Waals surface area contributed by atoms with E-state index in [1.807, 2.05) is 30.1 Å². The molecule has 0 aliphatic carbocycles. The van der Waals surface area contributed by atoms with Crippen LogP contribution in [-0.2, 0) is 6.42 Å². The monoisotopic (exact) mass is 267 g/mol. The molecule has 0 spiro atoms. The van der Waals surface area contributed by atoms with Crippen molar-refractivity contribution in [3.63, 3.8) is 0 Å². The van der Waals surface area contributed by atoms with Crippen molar-refractivity contribution in [2.24, 2.45) is 0 Å². The lowest BCUT2D eigenvalue weighted by Gasteiger charge is -2.21. The van der Waals surface area contributed by atoms with Gasteiger partial charge in [-0.15, -0.1) is 0 Å². The molecule has 1 aliphatic rings.